The molecule has 2 atom stereocenters. The van der Waals surface area contributed by atoms with E-state index in [4.69, 9.17) is 9.47 Å². The van der Waals surface area contributed by atoms with Crippen LogP contribution < -0.4 is 4.74 Å². The summed E-state index contributed by atoms with van der Waals surface area (Å²) in [5, 5.41) is 10.7. The van der Waals surface area contributed by atoms with Gasteiger partial charge in [0.2, 0.25) is 5.75 Å². The van der Waals surface area contributed by atoms with Crippen LogP contribution in [0.15, 0.2) is 18.3 Å². The highest BCUT2D eigenvalue weighted by atomic mass is 16.6. The molecular weight excluding hydrogens is 252 g/mol. The fourth-order valence-corrected chi connectivity index (χ4v) is 1.23. The Labute approximate surface area is 110 Å². The van der Waals surface area contributed by atoms with Crippen LogP contribution in [0.1, 0.15) is 27.2 Å². The summed E-state index contributed by atoms with van der Waals surface area (Å²) in [6.07, 6.45) is 0.817. The van der Waals surface area contributed by atoms with Crippen molar-refractivity contribution in [3.05, 3.63) is 28.4 Å². The Morgan fingerprint density at radius 2 is 2.21 bits per heavy atom. The van der Waals surface area contributed by atoms with Gasteiger partial charge < -0.3 is 19.6 Å². The number of nitrogens with zero attached hydrogens (tertiary/aromatic N) is 2. The van der Waals surface area contributed by atoms with E-state index in [2.05, 4.69) is 4.98 Å². The molecule has 2 unspecified atom stereocenters. The first-order valence-corrected chi connectivity index (χ1v) is 5.92. The van der Waals surface area contributed by atoms with Crippen molar-refractivity contribution in [3.63, 3.8) is 0 Å². The predicted molar refractivity (Wildman–Crippen MR) is 66.8 cm³/mol. The second-order valence-electron chi connectivity index (χ2n) is 4.00. The molecule has 1 rings (SSSR count). The fraction of sp³-hybridized carbons (Fsp3) is 0.500. The van der Waals surface area contributed by atoms with E-state index in [1.165, 1.54) is 25.3 Å². The van der Waals surface area contributed by atoms with Crippen molar-refractivity contribution in [3.8, 4) is 5.75 Å². The summed E-state index contributed by atoms with van der Waals surface area (Å²) in [5.41, 5.74) is 0. The van der Waals surface area contributed by atoms with Crippen LogP contribution in [0.4, 0.5) is 5.82 Å². The molecule has 1 aromatic rings. The molecule has 1 heterocycles. The van der Waals surface area contributed by atoms with Crippen molar-refractivity contribution in [2.75, 3.05) is 0 Å². The van der Waals surface area contributed by atoms with Gasteiger partial charge >= 0.3 is 11.8 Å². The van der Waals surface area contributed by atoms with E-state index >= 15 is 0 Å². The molecule has 104 valence electrons. The molecule has 0 aliphatic carbocycles. The Morgan fingerprint density at radius 3 is 2.79 bits per heavy atom. The van der Waals surface area contributed by atoms with Gasteiger partial charge in [-0.2, -0.15) is 0 Å². The number of hydrogen-bond donors (Lipinski definition) is 0. The zero-order valence-corrected chi connectivity index (χ0v) is 11.0. The Kier molecular flexibility index (Phi) is 5.23. The lowest BCUT2D eigenvalue weighted by Gasteiger charge is -2.16. The van der Waals surface area contributed by atoms with Crippen LogP contribution in [0, 0.1) is 10.1 Å². The van der Waals surface area contributed by atoms with Gasteiger partial charge in [-0.3, -0.25) is 0 Å². The average Bonchev–Trinajstić information content (AvgIpc) is 2.38. The molecule has 0 radical (unpaired) electrons. The Bertz CT molecular complexity index is 463. The lowest BCUT2D eigenvalue weighted by Crippen LogP contribution is -2.29. The van der Waals surface area contributed by atoms with Crippen LogP contribution in [0.25, 0.3) is 0 Å². The minimum absolute atomic E-state index is 0.0545. The van der Waals surface area contributed by atoms with Crippen molar-refractivity contribution in [2.45, 2.75) is 39.4 Å². The number of carbonyl (C=O) groups is 1. The van der Waals surface area contributed by atoms with Crippen LogP contribution in [0.3, 0.4) is 0 Å². The molecular formula is C12H16N2O5. The molecule has 19 heavy (non-hydrogen) atoms. The van der Waals surface area contributed by atoms with Gasteiger partial charge in [-0.25, -0.2) is 4.79 Å². The van der Waals surface area contributed by atoms with Gasteiger partial charge in [0.1, 0.15) is 6.20 Å². The molecule has 0 amide bonds. The summed E-state index contributed by atoms with van der Waals surface area (Å²) in [5.74, 6) is -1.04. The minimum Gasteiger partial charge on any atom is -0.471 e. The number of aromatic nitrogens is 1. The highest BCUT2D eigenvalue weighted by Crippen LogP contribution is 2.24. The second-order valence-corrected chi connectivity index (χ2v) is 4.00. The molecule has 0 spiro atoms. The largest absolute Gasteiger partial charge is 0.471 e. The van der Waals surface area contributed by atoms with E-state index in [0.29, 0.717) is 6.42 Å². The highest BCUT2D eigenvalue weighted by molar-refractivity contribution is 5.75. The molecule has 7 nitrogen and oxygen atoms in total. The molecule has 0 aliphatic rings. The minimum atomic E-state index is -0.933. The van der Waals surface area contributed by atoms with Crippen LogP contribution in [-0.2, 0) is 9.53 Å². The number of nitro groups is 1. The van der Waals surface area contributed by atoms with Gasteiger partial charge in [0.15, 0.2) is 6.10 Å². The van der Waals surface area contributed by atoms with E-state index in [0.717, 1.165) is 0 Å². The van der Waals surface area contributed by atoms with Gasteiger partial charge in [0, 0.05) is 0 Å². The SMILES string of the molecule is CCC(C)OC(=O)C(C)Oc1cccnc1[N+](=O)[O-]. The van der Waals surface area contributed by atoms with E-state index in [1.54, 1.807) is 6.92 Å². The first-order valence-electron chi connectivity index (χ1n) is 5.92. The van der Waals surface area contributed by atoms with E-state index in [9.17, 15) is 14.9 Å². The van der Waals surface area contributed by atoms with E-state index in [-0.39, 0.29) is 11.9 Å². The zero-order chi connectivity index (χ0) is 14.4. The van der Waals surface area contributed by atoms with E-state index in [1.807, 2.05) is 6.92 Å². The van der Waals surface area contributed by atoms with Crippen molar-refractivity contribution in [1.29, 1.82) is 0 Å². The van der Waals surface area contributed by atoms with Gasteiger partial charge in [-0.1, -0.05) is 6.92 Å². The maximum Gasteiger partial charge on any atom is 0.406 e. The van der Waals surface area contributed by atoms with Crippen LogP contribution in [0.2, 0.25) is 0 Å². The maximum atomic E-state index is 11.7. The summed E-state index contributed by atoms with van der Waals surface area (Å²) >= 11 is 0. The molecule has 1 aromatic heterocycles. The normalized spacial score (nSPS) is 13.4. The van der Waals surface area contributed by atoms with Gasteiger partial charge in [-0.05, 0) is 42.3 Å². The number of rotatable bonds is 6. The summed E-state index contributed by atoms with van der Waals surface area (Å²) in [7, 11) is 0. The standard InChI is InChI=1S/C12H16N2O5/c1-4-8(2)18-12(15)9(3)19-10-6-5-7-13-11(10)14(16)17/h5-9H,4H2,1-3H3. The lowest BCUT2D eigenvalue weighted by molar-refractivity contribution is -0.390. The first-order chi connectivity index (χ1) is 8.95. The average molecular weight is 268 g/mol. The first kappa shape index (κ1) is 14.9. The molecule has 0 saturated heterocycles. The maximum absolute atomic E-state index is 11.7. The van der Waals surface area contributed by atoms with Gasteiger partial charge in [0.25, 0.3) is 0 Å². The monoisotopic (exact) mass is 268 g/mol. The molecule has 7 heteroatoms. The van der Waals surface area contributed by atoms with Gasteiger partial charge in [-0.15, -0.1) is 0 Å². The summed E-state index contributed by atoms with van der Waals surface area (Å²) in [4.78, 5) is 25.3. The Morgan fingerprint density at radius 1 is 1.53 bits per heavy atom. The molecule has 0 N–H and O–H groups in total. The third-order valence-electron chi connectivity index (χ3n) is 2.45. The van der Waals surface area contributed by atoms with Crippen molar-refractivity contribution < 1.29 is 19.2 Å². The molecule has 0 saturated carbocycles. The fourth-order valence-electron chi connectivity index (χ4n) is 1.23. The van der Waals surface area contributed by atoms with E-state index < -0.39 is 22.8 Å². The smallest absolute Gasteiger partial charge is 0.406 e. The third-order valence-corrected chi connectivity index (χ3v) is 2.45. The molecule has 0 bridgehead atoms. The highest BCUT2D eigenvalue weighted by Gasteiger charge is 2.23. The van der Waals surface area contributed by atoms with Crippen molar-refractivity contribution >= 4 is 11.8 Å². The second kappa shape index (κ2) is 6.67. The number of carbonyl (C=O) groups excluding carboxylic acids is 1. The molecule has 0 aromatic carbocycles. The van der Waals surface area contributed by atoms with Gasteiger partial charge in [0.05, 0.1) is 6.10 Å². The predicted octanol–water partition coefficient (Wildman–Crippen LogP) is 2.10. The number of hydrogen-bond acceptors (Lipinski definition) is 6. The Balaban J connectivity index is 2.74. The van der Waals surface area contributed by atoms with Crippen LogP contribution >= 0.6 is 0 Å². The lowest BCUT2D eigenvalue weighted by atomic mass is 10.3. The molecule has 0 fully saturated rings. The third kappa shape index (κ3) is 4.20. The number of esters is 1. The Hall–Kier alpha value is -2.18. The number of pyridine rings is 1. The number of ether oxygens (including phenoxy) is 2. The zero-order valence-electron chi connectivity index (χ0n) is 11.0. The van der Waals surface area contributed by atoms with Crippen LogP contribution in [0.5, 0.6) is 5.75 Å². The topological polar surface area (TPSA) is 91.6 Å². The quantitative estimate of drug-likeness (QED) is 0.445. The summed E-state index contributed by atoms with van der Waals surface area (Å²) in [6.45, 7) is 5.12. The van der Waals surface area contributed by atoms with Crippen molar-refractivity contribution in [1.82, 2.24) is 4.98 Å². The summed E-state index contributed by atoms with van der Waals surface area (Å²) in [6, 6.07) is 2.88. The molecule has 0 aliphatic heterocycles. The van der Waals surface area contributed by atoms with Crippen molar-refractivity contribution in [2.24, 2.45) is 0 Å². The summed E-state index contributed by atoms with van der Waals surface area (Å²) < 4.78 is 10.3. The van der Waals surface area contributed by atoms with Crippen LogP contribution in [-0.4, -0.2) is 28.1 Å².